The lowest BCUT2D eigenvalue weighted by Crippen LogP contribution is -2.30. The molecule has 4 N–H and O–H groups in total. The van der Waals surface area contributed by atoms with E-state index in [1.54, 1.807) is 7.05 Å². The molecule has 0 saturated carbocycles. The predicted molar refractivity (Wildman–Crippen MR) is 132 cm³/mol. The topological polar surface area (TPSA) is 72.8 Å². The van der Waals surface area contributed by atoms with Gasteiger partial charge in [0.1, 0.15) is 0 Å². The summed E-state index contributed by atoms with van der Waals surface area (Å²) in [5, 5.41) is 15.1. The highest BCUT2D eigenvalue weighted by atomic mass is 32.1. The third-order valence-corrected chi connectivity index (χ3v) is 4.33. The summed E-state index contributed by atoms with van der Waals surface area (Å²) >= 11 is 10.3. The molecule has 0 fully saturated rings. The van der Waals surface area contributed by atoms with Crippen molar-refractivity contribution in [2.45, 2.75) is 13.8 Å². The first kappa shape index (κ1) is 22.2. The van der Waals surface area contributed by atoms with Crippen LogP contribution >= 0.6 is 24.4 Å². The number of thiocarbonyl (C=S) groups is 2. The summed E-state index contributed by atoms with van der Waals surface area (Å²) in [6, 6.07) is 18.1. The van der Waals surface area contributed by atoms with Gasteiger partial charge < -0.3 is 10.6 Å². The fraction of sp³-hybridized carbons (Fsp3) is 0.143. The Kier molecular flexibility index (Phi) is 8.94. The van der Waals surface area contributed by atoms with Crippen molar-refractivity contribution < 1.29 is 0 Å². The Balaban J connectivity index is 1.87. The zero-order valence-corrected chi connectivity index (χ0v) is 18.2. The maximum Gasteiger partial charge on any atom is 0.191 e. The minimum absolute atomic E-state index is 0.392. The molecule has 0 atom stereocenters. The van der Waals surface area contributed by atoms with Crippen LogP contribution in [0.1, 0.15) is 25.0 Å². The number of anilines is 1. The second-order valence-corrected chi connectivity index (χ2v) is 6.83. The third kappa shape index (κ3) is 8.20. The Morgan fingerprint density at radius 3 is 1.83 bits per heavy atom. The highest BCUT2D eigenvalue weighted by Gasteiger charge is 2.00. The van der Waals surface area contributed by atoms with E-state index >= 15 is 0 Å². The minimum Gasteiger partial charge on any atom is -0.364 e. The highest BCUT2D eigenvalue weighted by molar-refractivity contribution is 7.80. The molecule has 0 radical (unpaired) electrons. The molecule has 2 rings (SSSR count). The van der Waals surface area contributed by atoms with Crippen molar-refractivity contribution >= 4 is 63.9 Å². The lowest BCUT2D eigenvalue weighted by atomic mass is 10.1. The van der Waals surface area contributed by atoms with Gasteiger partial charge in [-0.25, -0.2) is 0 Å². The summed E-state index contributed by atoms with van der Waals surface area (Å²) in [6.07, 6.45) is 4.15. The van der Waals surface area contributed by atoms with E-state index in [0.29, 0.717) is 21.6 Å². The molecule has 2 aromatic carbocycles. The summed E-state index contributed by atoms with van der Waals surface area (Å²) in [7, 11) is 1.72. The smallest absolute Gasteiger partial charge is 0.191 e. The van der Waals surface area contributed by atoms with Crippen molar-refractivity contribution in [2.24, 2.45) is 10.2 Å². The largest absolute Gasteiger partial charge is 0.364 e. The maximum absolute atomic E-state index is 5.28. The van der Waals surface area contributed by atoms with E-state index in [1.807, 2.05) is 56.3 Å². The van der Waals surface area contributed by atoms with Crippen LogP contribution in [0.2, 0.25) is 0 Å². The molecular weight excluding hydrogens is 400 g/mol. The first-order chi connectivity index (χ1) is 14.0. The maximum atomic E-state index is 5.28. The Labute approximate surface area is 182 Å². The number of hydrogen-bond acceptors (Lipinski definition) is 4. The van der Waals surface area contributed by atoms with Crippen molar-refractivity contribution in [3.63, 3.8) is 0 Å². The molecule has 2 aromatic rings. The van der Waals surface area contributed by atoms with Gasteiger partial charge in [-0.3, -0.25) is 10.9 Å². The Morgan fingerprint density at radius 1 is 0.759 bits per heavy atom. The SMILES string of the molecule is CNC(=S)N/N=C(C)/C(C)=N/NC(=S)Nc1ccc(/C=C/c2ccccc2)cc1. The summed E-state index contributed by atoms with van der Waals surface area (Å²) < 4.78 is 0. The number of hydrogen-bond donors (Lipinski definition) is 4. The quantitative estimate of drug-likeness (QED) is 0.243. The van der Waals surface area contributed by atoms with E-state index < -0.39 is 0 Å². The first-order valence-corrected chi connectivity index (χ1v) is 9.76. The summed E-state index contributed by atoms with van der Waals surface area (Å²) in [5.74, 6) is 0. The monoisotopic (exact) mass is 424 g/mol. The normalized spacial score (nSPS) is 11.8. The van der Waals surface area contributed by atoms with Crippen molar-refractivity contribution in [2.75, 3.05) is 12.4 Å². The van der Waals surface area contributed by atoms with E-state index in [0.717, 1.165) is 16.8 Å². The van der Waals surface area contributed by atoms with E-state index in [2.05, 4.69) is 56.0 Å². The van der Waals surface area contributed by atoms with E-state index in [1.165, 1.54) is 0 Å². The Hall–Kier alpha value is -3.10. The van der Waals surface area contributed by atoms with Gasteiger partial charge in [0.2, 0.25) is 0 Å². The van der Waals surface area contributed by atoms with Gasteiger partial charge in [-0.2, -0.15) is 10.2 Å². The lowest BCUT2D eigenvalue weighted by molar-refractivity contribution is 0.974. The van der Waals surface area contributed by atoms with Crippen molar-refractivity contribution in [3.8, 4) is 0 Å². The van der Waals surface area contributed by atoms with Gasteiger partial charge in [-0.05, 0) is 61.5 Å². The zero-order valence-electron chi connectivity index (χ0n) is 16.6. The van der Waals surface area contributed by atoms with Crippen LogP contribution in [0, 0.1) is 0 Å². The van der Waals surface area contributed by atoms with E-state index in [-0.39, 0.29) is 0 Å². The average Bonchev–Trinajstić information content (AvgIpc) is 2.75. The fourth-order valence-electron chi connectivity index (χ4n) is 2.08. The van der Waals surface area contributed by atoms with Gasteiger partial charge >= 0.3 is 0 Å². The van der Waals surface area contributed by atoms with Crippen molar-refractivity contribution in [3.05, 3.63) is 65.7 Å². The third-order valence-electron chi connectivity index (χ3n) is 3.84. The second-order valence-electron chi connectivity index (χ2n) is 6.02. The molecule has 29 heavy (non-hydrogen) atoms. The molecule has 0 spiro atoms. The highest BCUT2D eigenvalue weighted by Crippen LogP contribution is 2.12. The van der Waals surface area contributed by atoms with Crippen LogP contribution in [0.5, 0.6) is 0 Å². The van der Waals surface area contributed by atoms with Gasteiger partial charge in [0.05, 0.1) is 11.4 Å². The average molecular weight is 425 g/mol. The number of nitrogens with one attached hydrogen (secondary N) is 4. The van der Waals surface area contributed by atoms with Crippen LogP contribution in [0.15, 0.2) is 64.8 Å². The molecule has 0 unspecified atom stereocenters. The molecular formula is C21H24N6S2. The number of benzene rings is 2. The van der Waals surface area contributed by atoms with Gasteiger partial charge in [0, 0.05) is 12.7 Å². The molecule has 0 saturated heterocycles. The molecule has 0 aliphatic carbocycles. The number of nitrogens with zero attached hydrogens (tertiary/aromatic N) is 2. The van der Waals surface area contributed by atoms with Gasteiger partial charge in [0.15, 0.2) is 10.2 Å². The Bertz CT molecular complexity index is 918. The van der Waals surface area contributed by atoms with E-state index in [4.69, 9.17) is 24.4 Å². The molecule has 0 aliphatic heterocycles. The lowest BCUT2D eigenvalue weighted by Gasteiger charge is -2.08. The summed E-state index contributed by atoms with van der Waals surface area (Å²) in [6.45, 7) is 3.65. The predicted octanol–water partition coefficient (Wildman–Crippen LogP) is 3.99. The molecule has 0 amide bonds. The molecule has 0 aromatic heterocycles. The van der Waals surface area contributed by atoms with E-state index in [9.17, 15) is 0 Å². The summed E-state index contributed by atoms with van der Waals surface area (Å²) in [5.41, 5.74) is 10.0. The number of rotatable bonds is 6. The standard InChI is InChI=1S/C21H24N6S2/c1-15(24-26-20(28)22-3)16(2)25-27-21(29)23-19-13-11-18(12-14-19)10-9-17-7-5-4-6-8-17/h4-14H,1-3H3,(H2,22,26,28)(H2,23,27,29)/b10-9+,24-15+,25-16+. The first-order valence-electron chi connectivity index (χ1n) is 8.95. The van der Waals surface area contributed by atoms with Gasteiger partial charge in [-0.15, -0.1) is 0 Å². The minimum atomic E-state index is 0.392. The van der Waals surface area contributed by atoms with Crippen LogP contribution in [0.3, 0.4) is 0 Å². The van der Waals surface area contributed by atoms with Crippen LogP contribution in [0.4, 0.5) is 5.69 Å². The number of hydrazone groups is 2. The Morgan fingerprint density at radius 2 is 1.28 bits per heavy atom. The second kappa shape index (κ2) is 11.7. The van der Waals surface area contributed by atoms with Crippen LogP contribution < -0.4 is 21.5 Å². The molecule has 8 heteroatoms. The molecule has 0 aliphatic rings. The fourth-order valence-corrected chi connectivity index (χ4v) is 2.29. The van der Waals surface area contributed by atoms with Crippen LogP contribution in [0.25, 0.3) is 12.2 Å². The zero-order chi connectivity index (χ0) is 21.1. The summed E-state index contributed by atoms with van der Waals surface area (Å²) in [4.78, 5) is 0. The van der Waals surface area contributed by atoms with Crippen LogP contribution in [-0.4, -0.2) is 28.7 Å². The van der Waals surface area contributed by atoms with Gasteiger partial charge in [0.25, 0.3) is 0 Å². The van der Waals surface area contributed by atoms with Crippen molar-refractivity contribution in [1.29, 1.82) is 0 Å². The van der Waals surface area contributed by atoms with Gasteiger partial charge in [-0.1, -0.05) is 54.6 Å². The van der Waals surface area contributed by atoms with Crippen molar-refractivity contribution in [1.82, 2.24) is 16.2 Å². The molecule has 6 nitrogen and oxygen atoms in total. The van der Waals surface area contributed by atoms with Crippen LogP contribution in [-0.2, 0) is 0 Å². The molecule has 150 valence electrons. The molecule has 0 bridgehead atoms. The molecule has 0 heterocycles.